The van der Waals surface area contributed by atoms with Crippen molar-refractivity contribution in [3.63, 3.8) is 0 Å². The van der Waals surface area contributed by atoms with Crippen LogP contribution in [-0.2, 0) is 11.3 Å². The van der Waals surface area contributed by atoms with Crippen LogP contribution in [0.1, 0.15) is 48.5 Å². The summed E-state index contributed by atoms with van der Waals surface area (Å²) in [6.45, 7) is 3.29. The molecule has 0 bridgehead atoms. The van der Waals surface area contributed by atoms with Crippen molar-refractivity contribution in [2.45, 2.75) is 45.2 Å². The molecule has 1 atom stereocenters. The fourth-order valence-electron chi connectivity index (χ4n) is 4.16. The first-order valence-corrected chi connectivity index (χ1v) is 9.18. The molecule has 1 aromatic rings. The predicted octanol–water partition coefficient (Wildman–Crippen LogP) is 1.76. The van der Waals surface area contributed by atoms with Gasteiger partial charge in [-0.05, 0) is 56.1 Å². The van der Waals surface area contributed by atoms with Gasteiger partial charge in [-0.25, -0.2) is 4.39 Å². The lowest BCUT2D eigenvalue weighted by Crippen LogP contribution is -2.41. The first-order chi connectivity index (χ1) is 12.4. The van der Waals surface area contributed by atoms with Crippen LogP contribution in [0.25, 0.3) is 0 Å². The number of halogens is 1. The molecule has 1 saturated carbocycles. The lowest BCUT2D eigenvalue weighted by atomic mass is 9.78. The molecule has 1 fully saturated rings. The van der Waals surface area contributed by atoms with Gasteiger partial charge in [-0.15, -0.1) is 0 Å². The van der Waals surface area contributed by atoms with E-state index in [9.17, 15) is 19.1 Å². The molecule has 1 aliphatic heterocycles. The van der Waals surface area contributed by atoms with Crippen LogP contribution in [0, 0.1) is 17.7 Å². The Morgan fingerprint density at radius 2 is 2.08 bits per heavy atom. The van der Waals surface area contributed by atoms with E-state index < -0.39 is 11.6 Å². The second-order valence-corrected chi connectivity index (χ2v) is 7.54. The number of amides is 2. The number of primary amides is 1. The summed E-state index contributed by atoms with van der Waals surface area (Å²) < 4.78 is 14.0. The summed E-state index contributed by atoms with van der Waals surface area (Å²) in [7, 11) is 0. The van der Waals surface area contributed by atoms with Crippen LogP contribution in [0.3, 0.4) is 0 Å². The summed E-state index contributed by atoms with van der Waals surface area (Å²) in [5.41, 5.74) is 5.83. The average molecular weight is 363 g/mol. The minimum absolute atomic E-state index is 0.0166. The van der Waals surface area contributed by atoms with E-state index in [0.717, 1.165) is 25.7 Å². The number of phenols is 1. The molecule has 3 rings (SSSR count). The Labute approximate surface area is 152 Å². The topological polar surface area (TPSA) is 95.7 Å². The number of aromatic hydroxyl groups is 1. The summed E-state index contributed by atoms with van der Waals surface area (Å²) in [6.07, 6.45) is 4.06. The Morgan fingerprint density at radius 3 is 2.73 bits per heavy atom. The van der Waals surface area contributed by atoms with Gasteiger partial charge in [-0.3, -0.25) is 9.59 Å². The van der Waals surface area contributed by atoms with Crippen LogP contribution in [0.5, 0.6) is 5.75 Å². The number of nitrogens with zero attached hydrogens (tertiary/aromatic N) is 1. The van der Waals surface area contributed by atoms with Crippen LogP contribution in [-0.4, -0.2) is 41.0 Å². The maximum atomic E-state index is 14.0. The number of nitrogens with two attached hydrogens (primary N) is 1. The molecule has 0 radical (unpaired) electrons. The second-order valence-electron chi connectivity index (χ2n) is 7.54. The quantitative estimate of drug-likeness (QED) is 0.718. The van der Waals surface area contributed by atoms with E-state index >= 15 is 0 Å². The highest BCUT2D eigenvalue weighted by Gasteiger charge is 2.34. The van der Waals surface area contributed by atoms with Crippen LogP contribution >= 0.6 is 0 Å². The first kappa shape index (κ1) is 18.6. The third kappa shape index (κ3) is 3.82. The van der Waals surface area contributed by atoms with E-state index in [1.165, 1.54) is 6.07 Å². The van der Waals surface area contributed by atoms with Crippen LogP contribution in [0.2, 0.25) is 0 Å². The second kappa shape index (κ2) is 7.61. The Bertz CT molecular complexity index is 702. The lowest BCUT2D eigenvalue weighted by Gasteiger charge is -2.34. The van der Waals surface area contributed by atoms with Gasteiger partial charge in [0.1, 0.15) is 0 Å². The molecule has 4 N–H and O–H groups in total. The fourth-order valence-corrected chi connectivity index (χ4v) is 4.16. The SMILES string of the molecule is CC(NCC(N)=O)C1CCC(CN2Cc3ccc(O)c(F)c3C2=O)CC1. The van der Waals surface area contributed by atoms with Gasteiger partial charge < -0.3 is 21.1 Å². The van der Waals surface area contributed by atoms with Gasteiger partial charge in [0.05, 0.1) is 12.1 Å². The molecular formula is C19H26FN3O3. The molecule has 2 amide bonds. The number of benzene rings is 1. The number of hydrogen-bond acceptors (Lipinski definition) is 4. The van der Waals surface area contributed by atoms with E-state index in [2.05, 4.69) is 12.2 Å². The van der Waals surface area contributed by atoms with Crippen LogP contribution in [0.4, 0.5) is 4.39 Å². The molecule has 0 saturated heterocycles. The summed E-state index contributed by atoms with van der Waals surface area (Å²) in [5.74, 6) is -1.08. The van der Waals surface area contributed by atoms with Gasteiger partial charge in [-0.1, -0.05) is 6.07 Å². The standard InChI is InChI=1S/C19H26FN3O3/c1-11(22-8-16(21)25)13-4-2-12(3-5-13)9-23-10-14-6-7-15(24)18(20)17(14)19(23)26/h6-7,11-13,22,24H,2-5,8-10H2,1H3,(H2,21,25). The average Bonchev–Trinajstić information content (AvgIpc) is 2.93. The normalized spacial score (nSPS) is 23.8. The molecule has 2 aliphatic rings. The number of fused-ring (bicyclic) bond motifs is 1. The van der Waals surface area contributed by atoms with Crippen LogP contribution < -0.4 is 11.1 Å². The largest absolute Gasteiger partial charge is 0.505 e. The van der Waals surface area contributed by atoms with E-state index in [0.29, 0.717) is 30.5 Å². The highest BCUT2D eigenvalue weighted by Crippen LogP contribution is 2.35. The zero-order valence-corrected chi connectivity index (χ0v) is 15.0. The first-order valence-electron chi connectivity index (χ1n) is 9.18. The Balaban J connectivity index is 1.52. The molecule has 0 aromatic heterocycles. The molecule has 1 aliphatic carbocycles. The van der Waals surface area contributed by atoms with Gasteiger partial charge in [-0.2, -0.15) is 0 Å². The number of carbonyl (C=O) groups excluding carboxylic acids is 2. The van der Waals surface area contributed by atoms with Crippen molar-refractivity contribution < 1.29 is 19.1 Å². The van der Waals surface area contributed by atoms with Crippen molar-refractivity contribution in [1.82, 2.24) is 10.2 Å². The highest BCUT2D eigenvalue weighted by atomic mass is 19.1. The third-order valence-corrected chi connectivity index (χ3v) is 5.75. The summed E-state index contributed by atoms with van der Waals surface area (Å²) in [6, 6.07) is 3.16. The molecule has 1 heterocycles. The Kier molecular flexibility index (Phi) is 5.46. The van der Waals surface area contributed by atoms with Gasteiger partial charge in [0, 0.05) is 19.1 Å². The molecule has 26 heavy (non-hydrogen) atoms. The van der Waals surface area contributed by atoms with Gasteiger partial charge in [0.15, 0.2) is 11.6 Å². The van der Waals surface area contributed by atoms with Crippen molar-refractivity contribution in [2.24, 2.45) is 17.6 Å². The molecule has 6 nitrogen and oxygen atoms in total. The number of nitrogens with one attached hydrogen (secondary N) is 1. The van der Waals surface area contributed by atoms with Gasteiger partial charge in [0.25, 0.3) is 5.91 Å². The van der Waals surface area contributed by atoms with Crippen LogP contribution in [0.15, 0.2) is 12.1 Å². The lowest BCUT2D eigenvalue weighted by molar-refractivity contribution is -0.117. The van der Waals surface area contributed by atoms with E-state index in [4.69, 9.17) is 5.73 Å². The predicted molar refractivity (Wildman–Crippen MR) is 94.9 cm³/mol. The maximum absolute atomic E-state index is 14.0. The third-order valence-electron chi connectivity index (χ3n) is 5.75. The number of rotatable bonds is 6. The summed E-state index contributed by atoms with van der Waals surface area (Å²) in [4.78, 5) is 25.1. The zero-order valence-electron chi connectivity index (χ0n) is 15.0. The highest BCUT2D eigenvalue weighted by molar-refractivity contribution is 5.99. The smallest absolute Gasteiger partial charge is 0.257 e. The van der Waals surface area contributed by atoms with E-state index in [1.807, 2.05) is 0 Å². The number of phenolic OH excluding ortho intramolecular Hbond substituents is 1. The van der Waals surface area contributed by atoms with Crippen molar-refractivity contribution in [2.75, 3.05) is 13.1 Å². The molecular weight excluding hydrogens is 337 g/mol. The van der Waals surface area contributed by atoms with E-state index in [-0.39, 0.29) is 30.0 Å². The monoisotopic (exact) mass is 363 g/mol. The number of hydrogen-bond donors (Lipinski definition) is 3. The number of carbonyl (C=O) groups is 2. The molecule has 0 spiro atoms. The Morgan fingerprint density at radius 1 is 1.38 bits per heavy atom. The minimum atomic E-state index is -0.812. The van der Waals surface area contributed by atoms with Crippen molar-refractivity contribution in [1.29, 1.82) is 0 Å². The Hall–Kier alpha value is -2.15. The van der Waals surface area contributed by atoms with Crippen molar-refractivity contribution in [3.8, 4) is 5.75 Å². The molecule has 7 heteroatoms. The molecule has 142 valence electrons. The minimum Gasteiger partial charge on any atom is -0.505 e. The van der Waals surface area contributed by atoms with Crippen molar-refractivity contribution in [3.05, 3.63) is 29.1 Å². The molecule has 1 aromatic carbocycles. The van der Waals surface area contributed by atoms with Gasteiger partial charge >= 0.3 is 0 Å². The summed E-state index contributed by atoms with van der Waals surface area (Å²) in [5, 5.41) is 12.7. The van der Waals surface area contributed by atoms with Gasteiger partial charge in [0.2, 0.25) is 5.91 Å². The summed E-state index contributed by atoms with van der Waals surface area (Å²) >= 11 is 0. The zero-order chi connectivity index (χ0) is 18.8. The molecule has 1 unspecified atom stereocenters. The van der Waals surface area contributed by atoms with Crippen molar-refractivity contribution >= 4 is 11.8 Å². The fraction of sp³-hybridized carbons (Fsp3) is 0.579. The van der Waals surface area contributed by atoms with E-state index in [1.54, 1.807) is 11.0 Å². The maximum Gasteiger partial charge on any atom is 0.257 e.